The normalized spacial score (nSPS) is 20.7. The standard InChI is InChI=1S/C14H16Cl3NO4/c1-12(2,3)8-5-6-9-10(7-8)22-14(21-9,13(15,16)17)18-11(19)20-4/h5-7H,1-4H3,(H,18,19)/t14-/m0/s1. The smallest absolute Gasteiger partial charge is 0.412 e. The molecular weight excluding hydrogens is 353 g/mol. The molecule has 1 amide bonds. The van der Waals surface area contributed by atoms with E-state index in [4.69, 9.17) is 44.3 Å². The highest BCUT2D eigenvalue weighted by atomic mass is 35.6. The molecule has 0 bridgehead atoms. The van der Waals surface area contributed by atoms with Crippen LogP contribution >= 0.6 is 34.8 Å². The molecule has 0 saturated heterocycles. The molecule has 1 aliphatic rings. The van der Waals surface area contributed by atoms with Gasteiger partial charge in [0.2, 0.25) is 0 Å². The minimum absolute atomic E-state index is 0.0978. The summed E-state index contributed by atoms with van der Waals surface area (Å²) < 4.78 is 13.6. The number of methoxy groups -OCH3 is 1. The molecule has 0 spiro atoms. The molecule has 122 valence electrons. The van der Waals surface area contributed by atoms with Gasteiger partial charge in [-0.05, 0) is 23.1 Å². The Morgan fingerprint density at radius 2 is 1.77 bits per heavy atom. The van der Waals surface area contributed by atoms with E-state index in [-0.39, 0.29) is 5.41 Å². The van der Waals surface area contributed by atoms with Gasteiger partial charge in [0.25, 0.3) is 3.79 Å². The molecule has 1 aromatic carbocycles. The van der Waals surface area contributed by atoms with Crippen LogP contribution in [0.15, 0.2) is 18.2 Å². The fourth-order valence-electron chi connectivity index (χ4n) is 1.89. The number of nitrogens with one attached hydrogen (secondary N) is 1. The number of alkyl carbamates (subject to hydrolysis) is 1. The Hall–Kier alpha value is -1.04. The fraction of sp³-hybridized carbons (Fsp3) is 0.500. The molecule has 0 radical (unpaired) electrons. The predicted molar refractivity (Wildman–Crippen MR) is 85.0 cm³/mol. The van der Waals surface area contributed by atoms with Crippen molar-refractivity contribution < 1.29 is 19.0 Å². The molecule has 0 aromatic heterocycles. The molecule has 0 unspecified atom stereocenters. The van der Waals surface area contributed by atoms with E-state index in [1.807, 2.05) is 6.07 Å². The van der Waals surface area contributed by atoms with Gasteiger partial charge in [-0.3, -0.25) is 0 Å². The number of carbonyl (C=O) groups is 1. The molecule has 1 heterocycles. The fourth-order valence-corrected chi connectivity index (χ4v) is 2.27. The summed E-state index contributed by atoms with van der Waals surface area (Å²) in [6, 6.07) is 5.37. The van der Waals surface area contributed by atoms with Gasteiger partial charge in [0.1, 0.15) is 0 Å². The number of fused-ring (bicyclic) bond motifs is 1. The van der Waals surface area contributed by atoms with E-state index in [0.717, 1.165) is 5.56 Å². The van der Waals surface area contributed by atoms with E-state index in [2.05, 4.69) is 30.8 Å². The Balaban J connectivity index is 2.40. The summed E-state index contributed by atoms with van der Waals surface area (Å²) in [6.07, 6.45) is -0.852. The van der Waals surface area contributed by atoms with Crippen molar-refractivity contribution in [1.82, 2.24) is 5.32 Å². The summed E-state index contributed by atoms with van der Waals surface area (Å²) in [5, 5.41) is 2.29. The number of hydrogen-bond acceptors (Lipinski definition) is 4. The van der Waals surface area contributed by atoms with Crippen LogP contribution in [-0.4, -0.2) is 22.9 Å². The van der Waals surface area contributed by atoms with Crippen LogP contribution < -0.4 is 14.8 Å². The van der Waals surface area contributed by atoms with Crippen LogP contribution in [0.1, 0.15) is 26.3 Å². The maximum atomic E-state index is 11.5. The van der Waals surface area contributed by atoms with Crippen molar-refractivity contribution in [3.05, 3.63) is 23.8 Å². The van der Waals surface area contributed by atoms with Gasteiger partial charge in [0.05, 0.1) is 7.11 Å². The van der Waals surface area contributed by atoms with Crippen LogP contribution in [0.3, 0.4) is 0 Å². The van der Waals surface area contributed by atoms with Crippen molar-refractivity contribution in [3.8, 4) is 11.5 Å². The third kappa shape index (κ3) is 3.16. The minimum atomic E-state index is -2.08. The highest BCUT2D eigenvalue weighted by Crippen LogP contribution is 2.49. The quantitative estimate of drug-likeness (QED) is 0.757. The molecule has 8 heteroatoms. The molecule has 0 aliphatic carbocycles. The summed E-state index contributed by atoms with van der Waals surface area (Å²) in [5.41, 5.74) is 0.910. The Morgan fingerprint density at radius 1 is 1.18 bits per heavy atom. The lowest BCUT2D eigenvalue weighted by atomic mass is 9.87. The third-order valence-electron chi connectivity index (χ3n) is 3.14. The van der Waals surface area contributed by atoms with Gasteiger partial charge in [-0.25, -0.2) is 10.1 Å². The zero-order valence-corrected chi connectivity index (χ0v) is 14.8. The van der Waals surface area contributed by atoms with E-state index in [1.165, 1.54) is 7.11 Å². The first kappa shape index (κ1) is 17.3. The average Bonchev–Trinajstić information content (AvgIpc) is 2.75. The Morgan fingerprint density at radius 3 is 2.27 bits per heavy atom. The predicted octanol–water partition coefficient (Wildman–Crippen LogP) is 4.14. The lowest BCUT2D eigenvalue weighted by molar-refractivity contribution is -0.0981. The Bertz CT molecular complexity index is 595. The molecular formula is C14H16Cl3NO4. The van der Waals surface area contributed by atoms with Crippen LogP contribution in [0.5, 0.6) is 11.5 Å². The third-order valence-corrected chi connectivity index (χ3v) is 3.89. The number of ether oxygens (including phenoxy) is 3. The maximum absolute atomic E-state index is 11.5. The molecule has 1 aliphatic heterocycles. The lowest BCUT2D eigenvalue weighted by Gasteiger charge is -2.32. The van der Waals surface area contributed by atoms with Crippen LogP contribution in [0, 0.1) is 0 Å². The zero-order chi connectivity index (χ0) is 16.8. The number of halogens is 3. The van der Waals surface area contributed by atoms with E-state index in [0.29, 0.717) is 11.5 Å². The molecule has 5 nitrogen and oxygen atoms in total. The molecule has 2 rings (SSSR count). The molecule has 22 heavy (non-hydrogen) atoms. The van der Waals surface area contributed by atoms with Crippen LogP contribution in [0.4, 0.5) is 4.79 Å². The van der Waals surface area contributed by atoms with Crippen molar-refractivity contribution in [3.63, 3.8) is 0 Å². The topological polar surface area (TPSA) is 56.8 Å². The van der Waals surface area contributed by atoms with Crippen molar-refractivity contribution in [1.29, 1.82) is 0 Å². The van der Waals surface area contributed by atoms with E-state index < -0.39 is 15.8 Å². The number of hydrogen-bond donors (Lipinski definition) is 1. The van der Waals surface area contributed by atoms with E-state index in [9.17, 15) is 4.79 Å². The number of carbonyl (C=O) groups excluding carboxylic acids is 1. The van der Waals surface area contributed by atoms with E-state index >= 15 is 0 Å². The minimum Gasteiger partial charge on any atom is -0.453 e. The van der Waals surface area contributed by atoms with Crippen molar-refractivity contribution in [2.45, 2.75) is 35.9 Å². The molecule has 0 saturated carbocycles. The van der Waals surface area contributed by atoms with Gasteiger partial charge >= 0.3 is 12.0 Å². The first-order valence-electron chi connectivity index (χ1n) is 6.44. The van der Waals surface area contributed by atoms with Crippen LogP contribution in [0.25, 0.3) is 0 Å². The highest BCUT2D eigenvalue weighted by Gasteiger charge is 2.60. The highest BCUT2D eigenvalue weighted by molar-refractivity contribution is 6.68. The second-order valence-corrected chi connectivity index (χ2v) is 8.13. The Kier molecular flexibility index (Phi) is 4.37. The van der Waals surface area contributed by atoms with Crippen molar-refractivity contribution >= 4 is 40.9 Å². The molecule has 0 fully saturated rings. The van der Waals surface area contributed by atoms with Crippen molar-refractivity contribution in [2.24, 2.45) is 0 Å². The van der Waals surface area contributed by atoms with Gasteiger partial charge in [0, 0.05) is 0 Å². The number of alkyl halides is 3. The zero-order valence-electron chi connectivity index (χ0n) is 12.5. The van der Waals surface area contributed by atoms with Gasteiger partial charge < -0.3 is 14.2 Å². The number of amides is 1. The summed E-state index contributed by atoms with van der Waals surface area (Å²) in [6.45, 7) is 6.16. The summed E-state index contributed by atoms with van der Waals surface area (Å²) >= 11 is 17.8. The molecule has 1 aromatic rings. The van der Waals surface area contributed by atoms with E-state index in [1.54, 1.807) is 12.1 Å². The number of rotatable bonds is 1. The van der Waals surface area contributed by atoms with Gasteiger partial charge in [-0.15, -0.1) is 0 Å². The van der Waals surface area contributed by atoms with Gasteiger partial charge in [0.15, 0.2) is 11.5 Å². The average molecular weight is 369 g/mol. The van der Waals surface area contributed by atoms with Gasteiger partial charge in [-0.1, -0.05) is 61.6 Å². The SMILES string of the molecule is COC(=O)N[C@@]1(C(Cl)(Cl)Cl)Oc2ccc(C(C)(C)C)cc2O1. The number of benzene rings is 1. The second kappa shape index (κ2) is 5.55. The summed E-state index contributed by atoms with van der Waals surface area (Å²) in [4.78, 5) is 11.5. The maximum Gasteiger partial charge on any atom is 0.412 e. The lowest BCUT2D eigenvalue weighted by Crippen LogP contribution is -2.63. The van der Waals surface area contributed by atoms with Gasteiger partial charge in [-0.2, -0.15) is 0 Å². The molecule has 1 N–H and O–H groups in total. The van der Waals surface area contributed by atoms with Crippen molar-refractivity contribution in [2.75, 3.05) is 7.11 Å². The first-order chi connectivity index (χ1) is 9.98. The summed E-state index contributed by atoms with van der Waals surface area (Å²) in [5.74, 6) is -1.27. The Labute approximate surface area is 143 Å². The first-order valence-corrected chi connectivity index (χ1v) is 7.57. The van der Waals surface area contributed by atoms with Crippen LogP contribution in [-0.2, 0) is 10.2 Å². The second-order valence-electron chi connectivity index (χ2n) is 5.85. The summed E-state index contributed by atoms with van der Waals surface area (Å²) in [7, 11) is 1.18. The molecule has 1 atom stereocenters. The van der Waals surface area contributed by atoms with Crippen LogP contribution in [0.2, 0.25) is 0 Å². The monoisotopic (exact) mass is 367 g/mol. The largest absolute Gasteiger partial charge is 0.453 e.